The highest BCUT2D eigenvalue weighted by Crippen LogP contribution is 2.23. The molecule has 1 atom stereocenters. The number of aryl methyl sites for hydroxylation is 1. The van der Waals surface area contributed by atoms with E-state index >= 15 is 0 Å². The first-order valence-electron chi connectivity index (χ1n) is 8.21. The summed E-state index contributed by atoms with van der Waals surface area (Å²) in [5.74, 6) is 0.530. The molecule has 3 aromatic rings. The number of rotatable bonds is 5. The molecule has 1 amide bonds. The summed E-state index contributed by atoms with van der Waals surface area (Å²) in [6.07, 6.45) is 0. The van der Waals surface area contributed by atoms with Crippen LogP contribution in [0.25, 0.3) is 11.4 Å². The van der Waals surface area contributed by atoms with Gasteiger partial charge in [0.25, 0.3) is 0 Å². The summed E-state index contributed by atoms with van der Waals surface area (Å²) >= 11 is 8.83. The highest BCUT2D eigenvalue weighted by atomic mass is 79.9. The quantitative estimate of drug-likeness (QED) is 0.583. The van der Waals surface area contributed by atoms with Crippen molar-refractivity contribution in [3.05, 3.63) is 68.9 Å². The van der Waals surface area contributed by atoms with Crippen LogP contribution < -0.4 is 5.32 Å². The van der Waals surface area contributed by atoms with E-state index in [-0.39, 0.29) is 18.5 Å². The van der Waals surface area contributed by atoms with Crippen molar-refractivity contribution in [3.63, 3.8) is 0 Å². The number of aromatic amines is 1. The molecular formula is C19H19BrN4OS. The number of nitrogens with zero attached hydrogens (tertiary/aromatic N) is 2. The molecule has 0 aliphatic heterocycles. The van der Waals surface area contributed by atoms with Gasteiger partial charge in [-0.1, -0.05) is 57.9 Å². The Morgan fingerprint density at radius 3 is 2.81 bits per heavy atom. The Bertz CT molecular complexity index is 995. The minimum absolute atomic E-state index is 0.105. The summed E-state index contributed by atoms with van der Waals surface area (Å²) in [4.78, 5) is 12.6. The van der Waals surface area contributed by atoms with Gasteiger partial charge in [-0.15, -0.1) is 0 Å². The van der Waals surface area contributed by atoms with Crippen molar-refractivity contribution in [2.75, 3.05) is 0 Å². The lowest BCUT2D eigenvalue weighted by Gasteiger charge is -2.16. The Labute approximate surface area is 165 Å². The number of aromatic nitrogens is 3. The van der Waals surface area contributed by atoms with E-state index < -0.39 is 0 Å². The van der Waals surface area contributed by atoms with E-state index in [0.717, 1.165) is 21.2 Å². The molecule has 134 valence electrons. The molecule has 0 aliphatic carbocycles. The zero-order valence-corrected chi connectivity index (χ0v) is 16.9. The van der Waals surface area contributed by atoms with Gasteiger partial charge >= 0.3 is 0 Å². The normalized spacial score (nSPS) is 12.0. The Morgan fingerprint density at radius 2 is 2.08 bits per heavy atom. The number of nitrogens with one attached hydrogen (secondary N) is 2. The summed E-state index contributed by atoms with van der Waals surface area (Å²) in [7, 11) is 0. The Kier molecular flexibility index (Phi) is 5.68. The van der Waals surface area contributed by atoms with Gasteiger partial charge in [-0.05, 0) is 43.8 Å². The number of hydrogen-bond acceptors (Lipinski definition) is 3. The Morgan fingerprint density at radius 1 is 1.31 bits per heavy atom. The SMILES string of the molecule is Cc1cccc(-c2n[nH]c(=S)n2CC(=O)NC(C)c2ccccc2Br)c1. The molecule has 3 rings (SSSR count). The van der Waals surface area contributed by atoms with Gasteiger partial charge in [-0.2, -0.15) is 5.10 Å². The van der Waals surface area contributed by atoms with Crippen molar-refractivity contribution in [2.24, 2.45) is 0 Å². The minimum atomic E-state index is -0.125. The molecule has 0 saturated heterocycles. The lowest BCUT2D eigenvalue weighted by atomic mass is 10.1. The summed E-state index contributed by atoms with van der Waals surface area (Å²) in [6.45, 7) is 4.07. The number of halogens is 1. The predicted octanol–water partition coefficient (Wildman–Crippen LogP) is 4.56. The Balaban J connectivity index is 1.79. The molecule has 1 aromatic heterocycles. The number of amides is 1. The zero-order chi connectivity index (χ0) is 18.7. The summed E-state index contributed by atoms with van der Waals surface area (Å²) in [5, 5.41) is 10.1. The summed E-state index contributed by atoms with van der Waals surface area (Å²) in [5.41, 5.74) is 3.06. The van der Waals surface area contributed by atoms with Crippen LogP contribution >= 0.6 is 28.1 Å². The van der Waals surface area contributed by atoms with Crippen LogP contribution in [0.15, 0.2) is 53.0 Å². The van der Waals surface area contributed by atoms with Crippen LogP contribution in [0.4, 0.5) is 0 Å². The van der Waals surface area contributed by atoms with Crippen LogP contribution in [0.2, 0.25) is 0 Å². The molecule has 7 heteroatoms. The van der Waals surface area contributed by atoms with Crippen LogP contribution in [-0.2, 0) is 11.3 Å². The van der Waals surface area contributed by atoms with Crippen LogP contribution in [0.5, 0.6) is 0 Å². The zero-order valence-electron chi connectivity index (χ0n) is 14.5. The Hall–Kier alpha value is -2.25. The fourth-order valence-electron chi connectivity index (χ4n) is 2.80. The van der Waals surface area contributed by atoms with E-state index in [9.17, 15) is 4.79 Å². The number of hydrogen-bond donors (Lipinski definition) is 2. The molecule has 0 aliphatic rings. The van der Waals surface area contributed by atoms with Gasteiger partial charge < -0.3 is 5.32 Å². The van der Waals surface area contributed by atoms with Crippen molar-refractivity contribution in [2.45, 2.75) is 26.4 Å². The van der Waals surface area contributed by atoms with E-state index in [2.05, 4.69) is 31.4 Å². The molecule has 0 fully saturated rings. The molecule has 5 nitrogen and oxygen atoms in total. The van der Waals surface area contributed by atoms with Gasteiger partial charge in [-0.3, -0.25) is 14.5 Å². The van der Waals surface area contributed by atoms with E-state index in [4.69, 9.17) is 12.2 Å². The average molecular weight is 431 g/mol. The maximum absolute atomic E-state index is 12.6. The van der Waals surface area contributed by atoms with Crippen LogP contribution in [0.1, 0.15) is 24.1 Å². The molecular weight excluding hydrogens is 412 g/mol. The first kappa shape index (κ1) is 18.5. The third kappa shape index (κ3) is 4.11. The second kappa shape index (κ2) is 7.97. The maximum Gasteiger partial charge on any atom is 0.240 e. The van der Waals surface area contributed by atoms with Crippen molar-refractivity contribution in [1.29, 1.82) is 0 Å². The van der Waals surface area contributed by atoms with E-state index in [0.29, 0.717) is 10.6 Å². The second-order valence-electron chi connectivity index (χ2n) is 6.12. The maximum atomic E-state index is 12.6. The number of benzene rings is 2. The average Bonchev–Trinajstić information content (AvgIpc) is 2.96. The van der Waals surface area contributed by atoms with Crippen molar-refractivity contribution in [1.82, 2.24) is 20.1 Å². The standard InChI is InChI=1S/C19H19BrN4OS/c1-12-6-5-7-14(10-12)18-22-23-19(26)24(18)11-17(25)21-13(2)15-8-3-4-9-16(15)20/h3-10,13H,11H2,1-2H3,(H,21,25)(H,23,26). The van der Waals surface area contributed by atoms with Crippen LogP contribution in [0.3, 0.4) is 0 Å². The number of H-pyrrole nitrogens is 1. The lowest BCUT2D eigenvalue weighted by Crippen LogP contribution is -2.30. The minimum Gasteiger partial charge on any atom is -0.348 e. The topological polar surface area (TPSA) is 62.7 Å². The summed E-state index contributed by atoms with van der Waals surface area (Å²) in [6, 6.07) is 15.7. The molecule has 1 heterocycles. The van der Waals surface area contributed by atoms with Gasteiger partial charge in [-0.25, -0.2) is 0 Å². The van der Waals surface area contributed by atoms with Crippen LogP contribution in [-0.4, -0.2) is 20.7 Å². The van der Waals surface area contributed by atoms with E-state index in [1.807, 2.05) is 62.4 Å². The predicted molar refractivity (Wildman–Crippen MR) is 108 cm³/mol. The molecule has 0 bridgehead atoms. The van der Waals surface area contributed by atoms with Crippen molar-refractivity contribution < 1.29 is 4.79 Å². The van der Waals surface area contributed by atoms with Crippen molar-refractivity contribution >= 4 is 34.1 Å². The summed E-state index contributed by atoms with van der Waals surface area (Å²) < 4.78 is 3.10. The van der Waals surface area contributed by atoms with Gasteiger partial charge in [0.05, 0.1) is 6.04 Å². The monoisotopic (exact) mass is 430 g/mol. The molecule has 0 spiro atoms. The van der Waals surface area contributed by atoms with Crippen molar-refractivity contribution in [3.8, 4) is 11.4 Å². The first-order valence-corrected chi connectivity index (χ1v) is 9.42. The highest BCUT2D eigenvalue weighted by molar-refractivity contribution is 9.10. The fraction of sp³-hybridized carbons (Fsp3) is 0.211. The van der Waals surface area contributed by atoms with Gasteiger partial charge in [0, 0.05) is 10.0 Å². The largest absolute Gasteiger partial charge is 0.348 e. The third-order valence-electron chi connectivity index (χ3n) is 4.09. The second-order valence-corrected chi connectivity index (χ2v) is 7.36. The molecule has 26 heavy (non-hydrogen) atoms. The highest BCUT2D eigenvalue weighted by Gasteiger charge is 2.16. The molecule has 2 aromatic carbocycles. The molecule has 0 saturated carbocycles. The number of carbonyl (C=O) groups is 1. The molecule has 0 radical (unpaired) electrons. The van der Waals surface area contributed by atoms with Gasteiger partial charge in [0.2, 0.25) is 5.91 Å². The fourth-order valence-corrected chi connectivity index (χ4v) is 3.63. The first-order chi connectivity index (χ1) is 12.5. The third-order valence-corrected chi connectivity index (χ3v) is 5.12. The van der Waals surface area contributed by atoms with E-state index in [1.165, 1.54) is 0 Å². The smallest absolute Gasteiger partial charge is 0.240 e. The van der Waals surface area contributed by atoms with E-state index in [1.54, 1.807) is 4.57 Å². The lowest BCUT2D eigenvalue weighted by molar-refractivity contribution is -0.122. The van der Waals surface area contributed by atoms with Gasteiger partial charge in [0.15, 0.2) is 10.6 Å². The van der Waals surface area contributed by atoms with Crippen LogP contribution in [0, 0.1) is 11.7 Å². The number of carbonyl (C=O) groups excluding carboxylic acids is 1. The van der Waals surface area contributed by atoms with Gasteiger partial charge in [0.1, 0.15) is 6.54 Å². The molecule has 1 unspecified atom stereocenters. The molecule has 2 N–H and O–H groups in total.